The Bertz CT molecular complexity index is 352. The summed E-state index contributed by atoms with van der Waals surface area (Å²) < 4.78 is 1.05. The maximum Gasteiger partial charge on any atom is 0.0871 e. The van der Waals surface area contributed by atoms with Crippen molar-refractivity contribution in [1.82, 2.24) is 0 Å². The van der Waals surface area contributed by atoms with Crippen LogP contribution in [0.4, 0.5) is 5.69 Å². The SMILES string of the molecule is C#CC(CC)Nc1cc(C)ccc1Br. The Morgan fingerprint density at radius 2 is 2.29 bits per heavy atom. The zero-order chi connectivity index (χ0) is 10.6. The van der Waals surface area contributed by atoms with Crippen molar-refractivity contribution in [1.29, 1.82) is 0 Å². The summed E-state index contributed by atoms with van der Waals surface area (Å²) in [6, 6.07) is 6.28. The third kappa shape index (κ3) is 2.78. The summed E-state index contributed by atoms with van der Waals surface area (Å²) in [7, 11) is 0. The van der Waals surface area contributed by atoms with Gasteiger partial charge in [0.25, 0.3) is 0 Å². The smallest absolute Gasteiger partial charge is 0.0871 e. The highest BCUT2D eigenvalue weighted by molar-refractivity contribution is 9.10. The molecule has 0 aliphatic carbocycles. The normalized spacial score (nSPS) is 11.9. The lowest BCUT2D eigenvalue weighted by Gasteiger charge is -2.14. The molecule has 1 rings (SSSR count). The predicted octanol–water partition coefficient (Wildman–Crippen LogP) is 3.58. The minimum atomic E-state index is 0.105. The average molecular weight is 252 g/mol. The van der Waals surface area contributed by atoms with Gasteiger partial charge in [-0.3, -0.25) is 0 Å². The number of terminal acetylenes is 1. The van der Waals surface area contributed by atoms with E-state index in [-0.39, 0.29) is 6.04 Å². The number of rotatable bonds is 3. The van der Waals surface area contributed by atoms with Crippen molar-refractivity contribution in [2.24, 2.45) is 0 Å². The molecule has 1 aromatic rings. The lowest BCUT2D eigenvalue weighted by atomic mass is 10.2. The molecule has 0 aliphatic rings. The van der Waals surface area contributed by atoms with Crippen molar-refractivity contribution in [2.75, 3.05) is 5.32 Å². The first-order chi connectivity index (χ1) is 6.67. The molecule has 1 atom stereocenters. The quantitative estimate of drug-likeness (QED) is 0.811. The van der Waals surface area contributed by atoms with E-state index >= 15 is 0 Å². The molecule has 0 heterocycles. The molecular weight excluding hydrogens is 238 g/mol. The van der Waals surface area contributed by atoms with Gasteiger partial charge in [-0.1, -0.05) is 18.9 Å². The maximum atomic E-state index is 5.39. The Labute approximate surface area is 94.0 Å². The molecule has 0 aliphatic heterocycles. The van der Waals surface area contributed by atoms with Crippen molar-refractivity contribution in [2.45, 2.75) is 26.3 Å². The van der Waals surface area contributed by atoms with E-state index in [1.807, 2.05) is 6.07 Å². The number of anilines is 1. The Kier molecular flexibility index (Phi) is 4.03. The van der Waals surface area contributed by atoms with Gasteiger partial charge < -0.3 is 5.32 Å². The van der Waals surface area contributed by atoms with Gasteiger partial charge in [0.15, 0.2) is 0 Å². The minimum Gasteiger partial charge on any atom is -0.371 e. The standard InChI is InChI=1S/C12H14BrN/c1-4-10(5-2)14-12-8-9(3)6-7-11(12)13/h1,6-8,10,14H,5H2,2-3H3. The zero-order valence-electron chi connectivity index (χ0n) is 8.47. The molecule has 1 N–H and O–H groups in total. The second-order valence-corrected chi connectivity index (χ2v) is 4.11. The van der Waals surface area contributed by atoms with Crippen LogP contribution in [0.3, 0.4) is 0 Å². The van der Waals surface area contributed by atoms with Gasteiger partial charge in [0, 0.05) is 10.2 Å². The molecule has 0 fully saturated rings. The van der Waals surface area contributed by atoms with Gasteiger partial charge in [0.2, 0.25) is 0 Å². The summed E-state index contributed by atoms with van der Waals surface area (Å²) in [5.41, 5.74) is 2.29. The molecule has 0 saturated heterocycles. The van der Waals surface area contributed by atoms with Gasteiger partial charge >= 0.3 is 0 Å². The molecular formula is C12H14BrN. The van der Waals surface area contributed by atoms with E-state index < -0.39 is 0 Å². The van der Waals surface area contributed by atoms with Crippen molar-refractivity contribution in [3.63, 3.8) is 0 Å². The number of nitrogens with one attached hydrogen (secondary N) is 1. The number of aryl methyl sites for hydroxylation is 1. The van der Waals surface area contributed by atoms with Crippen LogP contribution < -0.4 is 5.32 Å². The number of hydrogen-bond donors (Lipinski definition) is 1. The number of halogens is 1. The van der Waals surface area contributed by atoms with Crippen molar-refractivity contribution < 1.29 is 0 Å². The van der Waals surface area contributed by atoms with E-state index in [9.17, 15) is 0 Å². The molecule has 14 heavy (non-hydrogen) atoms. The fourth-order valence-electron chi connectivity index (χ4n) is 1.20. The van der Waals surface area contributed by atoms with E-state index in [2.05, 4.69) is 53.1 Å². The number of hydrogen-bond acceptors (Lipinski definition) is 1. The van der Waals surface area contributed by atoms with E-state index in [1.165, 1.54) is 5.56 Å². The summed E-state index contributed by atoms with van der Waals surface area (Å²) >= 11 is 3.49. The topological polar surface area (TPSA) is 12.0 Å². The van der Waals surface area contributed by atoms with E-state index in [4.69, 9.17) is 6.42 Å². The van der Waals surface area contributed by atoms with Crippen LogP contribution in [0.5, 0.6) is 0 Å². The van der Waals surface area contributed by atoms with E-state index in [0.29, 0.717) is 0 Å². The van der Waals surface area contributed by atoms with Crippen LogP contribution in [0.1, 0.15) is 18.9 Å². The highest BCUT2D eigenvalue weighted by atomic mass is 79.9. The van der Waals surface area contributed by atoms with Gasteiger partial charge in [0.1, 0.15) is 0 Å². The Hall–Kier alpha value is -0.940. The molecule has 0 bridgehead atoms. The molecule has 0 radical (unpaired) electrons. The molecule has 74 valence electrons. The summed E-state index contributed by atoms with van der Waals surface area (Å²) in [6.45, 7) is 4.13. The fraction of sp³-hybridized carbons (Fsp3) is 0.333. The second-order valence-electron chi connectivity index (χ2n) is 3.26. The van der Waals surface area contributed by atoms with Crippen LogP contribution in [0.2, 0.25) is 0 Å². The van der Waals surface area contributed by atoms with Crippen LogP contribution in [-0.2, 0) is 0 Å². The van der Waals surface area contributed by atoms with Gasteiger partial charge in [-0.2, -0.15) is 0 Å². The Morgan fingerprint density at radius 3 is 2.86 bits per heavy atom. The molecule has 0 aromatic heterocycles. The van der Waals surface area contributed by atoms with Crippen LogP contribution in [0.25, 0.3) is 0 Å². The first kappa shape index (κ1) is 11.1. The molecule has 2 heteroatoms. The maximum absolute atomic E-state index is 5.39. The Morgan fingerprint density at radius 1 is 1.57 bits per heavy atom. The first-order valence-corrected chi connectivity index (χ1v) is 5.45. The molecule has 0 saturated carbocycles. The summed E-state index contributed by atoms with van der Waals surface area (Å²) in [4.78, 5) is 0. The highest BCUT2D eigenvalue weighted by Crippen LogP contribution is 2.24. The van der Waals surface area contributed by atoms with Gasteiger partial charge in [-0.25, -0.2) is 0 Å². The second kappa shape index (κ2) is 5.07. The number of benzene rings is 1. The van der Waals surface area contributed by atoms with E-state index in [0.717, 1.165) is 16.6 Å². The third-order valence-corrected chi connectivity index (χ3v) is 2.75. The lowest BCUT2D eigenvalue weighted by molar-refractivity contribution is 0.857. The van der Waals surface area contributed by atoms with E-state index in [1.54, 1.807) is 0 Å². The average Bonchev–Trinajstić information content (AvgIpc) is 2.19. The molecule has 1 nitrogen and oxygen atoms in total. The molecule has 0 spiro atoms. The molecule has 1 aromatic carbocycles. The Balaban J connectivity index is 2.86. The van der Waals surface area contributed by atoms with Crippen LogP contribution >= 0.6 is 15.9 Å². The molecule has 1 unspecified atom stereocenters. The highest BCUT2D eigenvalue weighted by Gasteiger charge is 2.04. The van der Waals surface area contributed by atoms with Crippen LogP contribution in [0, 0.1) is 19.3 Å². The van der Waals surface area contributed by atoms with Crippen LogP contribution in [0.15, 0.2) is 22.7 Å². The van der Waals surface area contributed by atoms with Gasteiger partial charge in [-0.05, 0) is 47.0 Å². The summed E-state index contributed by atoms with van der Waals surface area (Å²) in [5, 5.41) is 3.30. The predicted molar refractivity (Wildman–Crippen MR) is 65.4 cm³/mol. The summed E-state index contributed by atoms with van der Waals surface area (Å²) in [5.74, 6) is 2.71. The lowest BCUT2D eigenvalue weighted by Crippen LogP contribution is -2.15. The zero-order valence-corrected chi connectivity index (χ0v) is 10.1. The van der Waals surface area contributed by atoms with Crippen LogP contribution in [-0.4, -0.2) is 6.04 Å². The van der Waals surface area contributed by atoms with Crippen molar-refractivity contribution in [3.8, 4) is 12.3 Å². The third-order valence-electron chi connectivity index (χ3n) is 2.06. The first-order valence-electron chi connectivity index (χ1n) is 4.66. The van der Waals surface area contributed by atoms with Gasteiger partial charge in [-0.15, -0.1) is 6.42 Å². The largest absolute Gasteiger partial charge is 0.371 e. The monoisotopic (exact) mass is 251 g/mol. The molecule has 0 amide bonds. The van der Waals surface area contributed by atoms with Gasteiger partial charge in [0.05, 0.1) is 6.04 Å². The minimum absolute atomic E-state index is 0.105. The fourth-order valence-corrected chi connectivity index (χ4v) is 1.56. The summed E-state index contributed by atoms with van der Waals surface area (Å²) in [6.07, 6.45) is 6.32. The van der Waals surface area contributed by atoms with Crippen molar-refractivity contribution in [3.05, 3.63) is 28.2 Å². The van der Waals surface area contributed by atoms with Crippen molar-refractivity contribution >= 4 is 21.6 Å².